The Labute approximate surface area is 155 Å². The Morgan fingerprint density at radius 3 is 2.58 bits per heavy atom. The third-order valence-electron chi connectivity index (χ3n) is 4.38. The van der Waals surface area contributed by atoms with Crippen LogP contribution in [-0.2, 0) is 6.54 Å². The highest BCUT2D eigenvalue weighted by atomic mass is 16.4. The van der Waals surface area contributed by atoms with Gasteiger partial charge in [-0.15, -0.1) is 0 Å². The molecule has 26 heavy (non-hydrogen) atoms. The molecule has 2 aromatic rings. The zero-order valence-corrected chi connectivity index (χ0v) is 16.3. The SMILES string of the molecule is Cc1cccc(-c2cnn(CCCCCCN(C(=O)O)C(C)(C)C)c2)n1. The lowest BCUT2D eigenvalue weighted by Gasteiger charge is -2.33. The lowest BCUT2D eigenvalue weighted by molar-refractivity contribution is 0.0989. The van der Waals surface area contributed by atoms with Crippen LogP contribution in [-0.4, -0.2) is 42.9 Å². The van der Waals surface area contributed by atoms with E-state index in [9.17, 15) is 9.90 Å². The van der Waals surface area contributed by atoms with Gasteiger partial charge >= 0.3 is 6.09 Å². The van der Waals surface area contributed by atoms with E-state index >= 15 is 0 Å². The van der Waals surface area contributed by atoms with Crippen molar-refractivity contribution in [2.75, 3.05) is 6.54 Å². The predicted octanol–water partition coefficient (Wildman–Crippen LogP) is 4.59. The van der Waals surface area contributed by atoms with Gasteiger partial charge in [0.1, 0.15) is 0 Å². The van der Waals surface area contributed by atoms with Crippen LogP contribution in [0, 0.1) is 6.92 Å². The number of amides is 1. The van der Waals surface area contributed by atoms with Crippen LogP contribution in [0.4, 0.5) is 4.79 Å². The molecule has 1 N–H and O–H groups in total. The Morgan fingerprint density at radius 1 is 1.19 bits per heavy atom. The van der Waals surface area contributed by atoms with Gasteiger partial charge in [-0.25, -0.2) is 4.79 Å². The van der Waals surface area contributed by atoms with Gasteiger partial charge in [0.15, 0.2) is 0 Å². The van der Waals surface area contributed by atoms with Crippen LogP contribution in [0.2, 0.25) is 0 Å². The van der Waals surface area contributed by atoms with Gasteiger partial charge in [-0.05, 0) is 52.7 Å². The van der Waals surface area contributed by atoms with Crippen molar-refractivity contribution in [3.8, 4) is 11.3 Å². The van der Waals surface area contributed by atoms with E-state index in [1.54, 1.807) is 0 Å². The lowest BCUT2D eigenvalue weighted by atomic mass is 10.1. The van der Waals surface area contributed by atoms with Gasteiger partial charge in [-0.1, -0.05) is 18.9 Å². The molecule has 0 aliphatic heterocycles. The van der Waals surface area contributed by atoms with Gasteiger partial charge in [0.2, 0.25) is 0 Å². The van der Waals surface area contributed by atoms with Gasteiger partial charge in [-0.3, -0.25) is 9.67 Å². The number of unbranched alkanes of at least 4 members (excludes halogenated alkanes) is 3. The summed E-state index contributed by atoms with van der Waals surface area (Å²) in [4.78, 5) is 17.3. The first-order valence-electron chi connectivity index (χ1n) is 9.24. The van der Waals surface area contributed by atoms with Gasteiger partial charge in [0, 0.05) is 36.1 Å². The lowest BCUT2D eigenvalue weighted by Crippen LogP contribution is -2.45. The summed E-state index contributed by atoms with van der Waals surface area (Å²) in [6.07, 6.45) is 7.06. The number of pyridine rings is 1. The molecule has 2 rings (SSSR count). The average Bonchev–Trinajstić information content (AvgIpc) is 3.01. The number of nitrogens with zero attached hydrogens (tertiary/aromatic N) is 4. The number of hydrogen-bond acceptors (Lipinski definition) is 3. The van der Waals surface area contributed by atoms with Crippen molar-refractivity contribution in [1.29, 1.82) is 0 Å². The number of aryl methyl sites for hydroxylation is 2. The van der Waals surface area contributed by atoms with E-state index in [0.29, 0.717) is 6.54 Å². The van der Waals surface area contributed by atoms with Crippen LogP contribution in [0.25, 0.3) is 11.3 Å². The van der Waals surface area contributed by atoms with E-state index in [1.165, 1.54) is 4.90 Å². The Kier molecular flexibility index (Phi) is 6.77. The fraction of sp³-hybridized carbons (Fsp3) is 0.550. The van der Waals surface area contributed by atoms with Crippen molar-refractivity contribution in [2.45, 2.75) is 65.5 Å². The second kappa shape index (κ2) is 8.83. The minimum Gasteiger partial charge on any atom is -0.465 e. The highest BCUT2D eigenvalue weighted by Crippen LogP contribution is 2.17. The number of aromatic nitrogens is 3. The Balaban J connectivity index is 1.72. The van der Waals surface area contributed by atoms with Crippen molar-refractivity contribution in [2.24, 2.45) is 0 Å². The third kappa shape index (κ3) is 5.86. The summed E-state index contributed by atoms with van der Waals surface area (Å²) in [5, 5.41) is 13.7. The van der Waals surface area contributed by atoms with Crippen LogP contribution < -0.4 is 0 Å². The quantitative estimate of drug-likeness (QED) is 0.701. The molecule has 2 aromatic heterocycles. The van der Waals surface area contributed by atoms with E-state index in [0.717, 1.165) is 49.2 Å². The molecule has 2 heterocycles. The summed E-state index contributed by atoms with van der Waals surface area (Å²) in [5.41, 5.74) is 2.64. The number of rotatable bonds is 8. The summed E-state index contributed by atoms with van der Waals surface area (Å²) >= 11 is 0. The summed E-state index contributed by atoms with van der Waals surface area (Å²) in [6.45, 7) is 9.23. The molecule has 0 atom stereocenters. The fourth-order valence-electron chi connectivity index (χ4n) is 2.94. The highest BCUT2D eigenvalue weighted by Gasteiger charge is 2.25. The third-order valence-corrected chi connectivity index (χ3v) is 4.38. The fourth-order valence-corrected chi connectivity index (χ4v) is 2.94. The summed E-state index contributed by atoms with van der Waals surface area (Å²) in [5.74, 6) is 0. The molecule has 0 unspecified atom stereocenters. The first-order valence-corrected chi connectivity index (χ1v) is 9.24. The van der Waals surface area contributed by atoms with Crippen molar-refractivity contribution in [3.05, 3.63) is 36.3 Å². The molecular weight excluding hydrogens is 328 g/mol. The molecule has 0 radical (unpaired) electrons. The van der Waals surface area contributed by atoms with Crippen LogP contribution in [0.1, 0.15) is 52.1 Å². The molecular formula is C20H30N4O2. The van der Waals surface area contributed by atoms with E-state index in [4.69, 9.17) is 0 Å². The molecule has 0 bridgehead atoms. The summed E-state index contributed by atoms with van der Waals surface area (Å²) < 4.78 is 1.96. The summed E-state index contributed by atoms with van der Waals surface area (Å²) in [6, 6.07) is 5.99. The molecule has 0 fully saturated rings. The van der Waals surface area contributed by atoms with E-state index in [2.05, 4.69) is 10.1 Å². The molecule has 0 aliphatic carbocycles. The predicted molar refractivity (Wildman–Crippen MR) is 103 cm³/mol. The topological polar surface area (TPSA) is 71.2 Å². The largest absolute Gasteiger partial charge is 0.465 e. The van der Waals surface area contributed by atoms with Crippen LogP contribution in [0.5, 0.6) is 0 Å². The minimum absolute atomic E-state index is 0.346. The maximum Gasteiger partial charge on any atom is 0.407 e. The molecule has 0 spiro atoms. The Bertz CT molecular complexity index is 719. The molecule has 0 saturated heterocycles. The second-order valence-corrected chi connectivity index (χ2v) is 7.68. The van der Waals surface area contributed by atoms with Gasteiger partial charge < -0.3 is 10.0 Å². The van der Waals surface area contributed by atoms with Crippen molar-refractivity contribution in [1.82, 2.24) is 19.7 Å². The molecule has 6 heteroatoms. The normalized spacial score (nSPS) is 11.5. The maximum absolute atomic E-state index is 11.3. The van der Waals surface area contributed by atoms with Crippen LogP contribution >= 0.6 is 0 Å². The molecule has 1 amide bonds. The molecule has 0 aliphatic rings. The smallest absolute Gasteiger partial charge is 0.407 e. The van der Waals surface area contributed by atoms with E-state index in [1.807, 2.05) is 63.0 Å². The van der Waals surface area contributed by atoms with Crippen molar-refractivity contribution >= 4 is 6.09 Å². The second-order valence-electron chi connectivity index (χ2n) is 7.68. The van der Waals surface area contributed by atoms with E-state index < -0.39 is 6.09 Å². The summed E-state index contributed by atoms with van der Waals surface area (Å²) in [7, 11) is 0. The number of carboxylic acid groups (broad SMARTS) is 1. The zero-order valence-electron chi connectivity index (χ0n) is 16.3. The molecule has 0 saturated carbocycles. The first-order chi connectivity index (χ1) is 12.3. The van der Waals surface area contributed by atoms with Crippen molar-refractivity contribution < 1.29 is 9.90 Å². The van der Waals surface area contributed by atoms with Gasteiger partial charge in [-0.2, -0.15) is 5.10 Å². The molecule has 6 nitrogen and oxygen atoms in total. The number of carbonyl (C=O) groups is 1. The zero-order chi connectivity index (χ0) is 19.2. The maximum atomic E-state index is 11.3. The highest BCUT2D eigenvalue weighted by molar-refractivity contribution is 5.65. The molecule has 0 aromatic carbocycles. The molecule has 142 valence electrons. The van der Waals surface area contributed by atoms with Gasteiger partial charge in [0.25, 0.3) is 0 Å². The Hall–Kier alpha value is -2.37. The van der Waals surface area contributed by atoms with E-state index in [-0.39, 0.29) is 5.54 Å². The average molecular weight is 358 g/mol. The van der Waals surface area contributed by atoms with Crippen LogP contribution in [0.15, 0.2) is 30.6 Å². The minimum atomic E-state index is -0.841. The first kappa shape index (κ1) is 19.9. The number of hydrogen-bond donors (Lipinski definition) is 1. The standard InChI is InChI=1S/C20H30N4O2/c1-16-10-9-11-18(22-16)17-14-21-23(15-17)12-7-5-6-8-13-24(19(25)26)20(2,3)4/h9-11,14-15H,5-8,12-13H2,1-4H3,(H,25,26). The van der Waals surface area contributed by atoms with Gasteiger partial charge in [0.05, 0.1) is 11.9 Å². The monoisotopic (exact) mass is 358 g/mol. The van der Waals surface area contributed by atoms with Crippen molar-refractivity contribution in [3.63, 3.8) is 0 Å². The van der Waals surface area contributed by atoms with Crippen LogP contribution in [0.3, 0.4) is 0 Å². The Morgan fingerprint density at radius 2 is 1.92 bits per heavy atom.